The number of nitrogens with zero attached hydrogens (tertiary/aromatic N) is 1. The van der Waals surface area contributed by atoms with Gasteiger partial charge in [-0.3, -0.25) is 9.59 Å². The highest BCUT2D eigenvalue weighted by Gasteiger charge is 2.33. The number of nitrogens with one attached hydrogen (secondary N) is 1. The Morgan fingerprint density at radius 3 is 2.43 bits per heavy atom. The van der Waals surface area contributed by atoms with E-state index in [0.717, 1.165) is 6.07 Å². The maximum Gasteiger partial charge on any atom is 0.418 e. The molecule has 0 bridgehead atoms. The van der Waals surface area contributed by atoms with E-state index < -0.39 is 23.6 Å². The van der Waals surface area contributed by atoms with Crippen LogP contribution in [0.25, 0.3) is 0 Å². The van der Waals surface area contributed by atoms with Gasteiger partial charge in [0.1, 0.15) is 6.61 Å². The van der Waals surface area contributed by atoms with Crippen LogP contribution >= 0.6 is 0 Å². The summed E-state index contributed by atoms with van der Waals surface area (Å²) in [5.74, 6) is -1.10. The number of alkyl halides is 3. The van der Waals surface area contributed by atoms with Gasteiger partial charge in [0.05, 0.1) is 17.8 Å². The third kappa shape index (κ3) is 5.90. The predicted molar refractivity (Wildman–Crippen MR) is 78.8 cm³/mol. The summed E-state index contributed by atoms with van der Waals surface area (Å²) in [5, 5.41) is 2.20. The van der Waals surface area contributed by atoms with E-state index in [1.54, 1.807) is 13.8 Å². The Labute approximate surface area is 132 Å². The van der Waals surface area contributed by atoms with Gasteiger partial charge < -0.3 is 15.0 Å². The highest BCUT2D eigenvalue weighted by atomic mass is 19.4. The molecule has 0 radical (unpaired) electrons. The van der Waals surface area contributed by atoms with Crippen LogP contribution in [-0.2, 0) is 20.5 Å². The first-order chi connectivity index (χ1) is 10.8. The van der Waals surface area contributed by atoms with Crippen LogP contribution in [0.1, 0.15) is 19.4 Å². The number of amides is 2. The van der Waals surface area contributed by atoms with Crippen LogP contribution < -0.4 is 5.32 Å². The lowest BCUT2D eigenvalue weighted by Crippen LogP contribution is -2.40. The molecule has 0 saturated carbocycles. The Morgan fingerprint density at radius 2 is 1.87 bits per heavy atom. The van der Waals surface area contributed by atoms with Crippen LogP contribution in [0.3, 0.4) is 0 Å². The summed E-state index contributed by atoms with van der Waals surface area (Å²) < 4.78 is 43.6. The molecule has 1 rings (SSSR count). The number of likely N-dealkylation sites (N-methyl/N-ethyl adjacent to an activating group) is 1. The molecule has 0 heterocycles. The molecule has 23 heavy (non-hydrogen) atoms. The third-order valence-electron chi connectivity index (χ3n) is 3.01. The molecule has 1 aromatic carbocycles. The molecule has 5 nitrogen and oxygen atoms in total. The summed E-state index contributed by atoms with van der Waals surface area (Å²) in [5.41, 5.74) is -1.27. The molecule has 1 aromatic rings. The number of anilines is 1. The van der Waals surface area contributed by atoms with Crippen molar-refractivity contribution < 1.29 is 27.5 Å². The quantitative estimate of drug-likeness (QED) is 0.835. The summed E-state index contributed by atoms with van der Waals surface area (Å²) >= 11 is 0. The van der Waals surface area contributed by atoms with Crippen molar-refractivity contribution in [3.8, 4) is 0 Å². The van der Waals surface area contributed by atoms with E-state index in [-0.39, 0.29) is 25.4 Å². The topological polar surface area (TPSA) is 58.6 Å². The van der Waals surface area contributed by atoms with Crippen LogP contribution in [0.15, 0.2) is 24.3 Å². The molecule has 2 amide bonds. The molecule has 0 aromatic heterocycles. The average molecular weight is 332 g/mol. The van der Waals surface area contributed by atoms with Crippen molar-refractivity contribution in [1.29, 1.82) is 0 Å². The Balaban J connectivity index is 2.75. The SMILES string of the molecule is CCOCC(=O)N(CC)CC(=O)Nc1ccccc1C(F)(F)F. The first kappa shape index (κ1) is 19.0. The molecule has 0 fully saturated rings. The van der Waals surface area contributed by atoms with Gasteiger partial charge in [0, 0.05) is 13.2 Å². The van der Waals surface area contributed by atoms with Crippen LogP contribution in [0.2, 0.25) is 0 Å². The van der Waals surface area contributed by atoms with Crippen molar-refractivity contribution in [2.45, 2.75) is 20.0 Å². The van der Waals surface area contributed by atoms with Gasteiger partial charge in [-0.15, -0.1) is 0 Å². The molecule has 0 aliphatic carbocycles. The van der Waals surface area contributed by atoms with E-state index in [2.05, 4.69) is 5.32 Å². The zero-order chi connectivity index (χ0) is 17.5. The summed E-state index contributed by atoms with van der Waals surface area (Å²) in [6.45, 7) is 3.49. The smallest absolute Gasteiger partial charge is 0.372 e. The van der Waals surface area contributed by atoms with Gasteiger partial charge in [0.15, 0.2) is 0 Å². The number of carbonyl (C=O) groups excluding carboxylic acids is 2. The second-order valence-corrected chi connectivity index (χ2v) is 4.64. The standard InChI is InChI=1S/C15H19F3N2O3/c1-3-20(14(22)10-23-4-2)9-13(21)19-12-8-6-5-7-11(12)15(16,17)18/h5-8H,3-4,9-10H2,1-2H3,(H,19,21). The normalized spacial score (nSPS) is 11.2. The van der Waals surface area contributed by atoms with E-state index in [1.165, 1.54) is 23.1 Å². The van der Waals surface area contributed by atoms with Crippen LogP contribution in [0.5, 0.6) is 0 Å². The van der Waals surface area contributed by atoms with E-state index >= 15 is 0 Å². The van der Waals surface area contributed by atoms with Crippen LogP contribution in [0, 0.1) is 0 Å². The van der Waals surface area contributed by atoms with Crippen molar-refractivity contribution >= 4 is 17.5 Å². The number of carbonyl (C=O) groups is 2. The molecule has 0 atom stereocenters. The van der Waals surface area contributed by atoms with Crippen molar-refractivity contribution in [3.63, 3.8) is 0 Å². The van der Waals surface area contributed by atoms with Crippen LogP contribution in [-0.4, -0.2) is 43.0 Å². The number of ether oxygens (including phenoxy) is 1. The van der Waals surface area contributed by atoms with E-state index in [1.807, 2.05) is 0 Å². The lowest BCUT2D eigenvalue weighted by molar-refractivity contribution is -0.139. The lowest BCUT2D eigenvalue weighted by atomic mass is 10.1. The summed E-state index contributed by atoms with van der Waals surface area (Å²) in [6.07, 6.45) is -4.57. The van der Waals surface area contributed by atoms with Gasteiger partial charge in [0.25, 0.3) is 0 Å². The van der Waals surface area contributed by atoms with Gasteiger partial charge in [-0.05, 0) is 26.0 Å². The zero-order valence-corrected chi connectivity index (χ0v) is 12.9. The molecular weight excluding hydrogens is 313 g/mol. The van der Waals surface area contributed by atoms with E-state index in [9.17, 15) is 22.8 Å². The van der Waals surface area contributed by atoms with Crippen molar-refractivity contribution in [2.24, 2.45) is 0 Å². The second kappa shape index (κ2) is 8.52. The van der Waals surface area contributed by atoms with Crippen molar-refractivity contribution in [1.82, 2.24) is 4.90 Å². The monoisotopic (exact) mass is 332 g/mol. The zero-order valence-electron chi connectivity index (χ0n) is 12.9. The highest BCUT2D eigenvalue weighted by molar-refractivity contribution is 5.95. The molecule has 8 heteroatoms. The van der Waals surface area contributed by atoms with Crippen LogP contribution in [0.4, 0.5) is 18.9 Å². The number of para-hydroxylation sites is 1. The summed E-state index contributed by atoms with van der Waals surface area (Å²) in [6, 6.07) is 4.68. The minimum Gasteiger partial charge on any atom is -0.372 e. The third-order valence-corrected chi connectivity index (χ3v) is 3.01. The first-order valence-electron chi connectivity index (χ1n) is 7.11. The number of benzene rings is 1. The van der Waals surface area contributed by atoms with E-state index in [0.29, 0.717) is 6.61 Å². The molecule has 0 unspecified atom stereocenters. The van der Waals surface area contributed by atoms with Crippen molar-refractivity contribution in [3.05, 3.63) is 29.8 Å². The van der Waals surface area contributed by atoms with Gasteiger partial charge >= 0.3 is 6.18 Å². The Bertz CT molecular complexity index is 547. The largest absolute Gasteiger partial charge is 0.418 e. The van der Waals surface area contributed by atoms with Gasteiger partial charge in [0.2, 0.25) is 11.8 Å². The fourth-order valence-corrected chi connectivity index (χ4v) is 1.86. The van der Waals surface area contributed by atoms with Gasteiger partial charge in [-0.25, -0.2) is 0 Å². The van der Waals surface area contributed by atoms with E-state index in [4.69, 9.17) is 4.74 Å². The fraction of sp³-hybridized carbons (Fsp3) is 0.467. The molecule has 0 spiro atoms. The maximum absolute atomic E-state index is 12.9. The molecule has 1 N–H and O–H groups in total. The molecule has 0 aliphatic heterocycles. The summed E-state index contributed by atoms with van der Waals surface area (Å²) in [7, 11) is 0. The minimum atomic E-state index is -4.57. The highest BCUT2D eigenvalue weighted by Crippen LogP contribution is 2.34. The van der Waals surface area contributed by atoms with Crippen molar-refractivity contribution in [2.75, 3.05) is 31.6 Å². The maximum atomic E-state index is 12.9. The molecule has 128 valence electrons. The first-order valence-corrected chi connectivity index (χ1v) is 7.11. The predicted octanol–water partition coefficient (Wildman–Crippen LogP) is 2.53. The van der Waals surface area contributed by atoms with Gasteiger partial charge in [-0.1, -0.05) is 12.1 Å². The number of hydrogen-bond donors (Lipinski definition) is 1. The average Bonchev–Trinajstić information content (AvgIpc) is 2.49. The molecule has 0 aliphatic rings. The lowest BCUT2D eigenvalue weighted by Gasteiger charge is -2.21. The number of hydrogen-bond acceptors (Lipinski definition) is 3. The summed E-state index contributed by atoms with van der Waals surface area (Å²) in [4.78, 5) is 24.9. The molecule has 0 saturated heterocycles. The Kier molecular flexibility index (Phi) is 7.02. The Hall–Kier alpha value is -2.09. The number of halogens is 3. The van der Waals surface area contributed by atoms with Gasteiger partial charge in [-0.2, -0.15) is 13.2 Å². The second-order valence-electron chi connectivity index (χ2n) is 4.64. The molecular formula is C15H19F3N2O3. The fourth-order valence-electron chi connectivity index (χ4n) is 1.86. The number of rotatable bonds is 7. The Morgan fingerprint density at radius 1 is 1.22 bits per heavy atom. The minimum absolute atomic E-state index is 0.170.